The molecule has 6 nitrogen and oxygen atoms in total. The van der Waals surface area contributed by atoms with E-state index in [-0.39, 0.29) is 0 Å². The lowest BCUT2D eigenvalue weighted by Gasteiger charge is -2.10. The number of nitrogens with one attached hydrogen (secondary N) is 2. The fourth-order valence-corrected chi connectivity index (χ4v) is 1.21. The standard InChI is InChI=1S/C14H28N2O4/c1-11(2)5-9-19-13(17)15-7-8-16-14(18)20-10-6-12(3)4/h11-12H,5-10H2,1-4H3,(H,15,17)(H,16,18). The number of rotatable bonds is 9. The van der Waals surface area contributed by atoms with Gasteiger partial charge in [0.2, 0.25) is 0 Å². The van der Waals surface area contributed by atoms with E-state index in [0.29, 0.717) is 38.1 Å². The molecule has 20 heavy (non-hydrogen) atoms. The molecule has 0 rings (SSSR count). The molecule has 0 aliphatic rings. The van der Waals surface area contributed by atoms with Crippen LogP contribution in [0.15, 0.2) is 0 Å². The Morgan fingerprint density at radius 1 is 0.800 bits per heavy atom. The van der Waals surface area contributed by atoms with Gasteiger partial charge in [0.1, 0.15) is 0 Å². The summed E-state index contributed by atoms with van der Waals surface area (Å²) in [6.45, 7) is 9.72. The van der Waals surface area contributed by atoms with Crippen LogP contribution in [0.2, 0.25) is 0 Å². The lowest BCUT2D eigenvalue weighted by atomic mass is 10.1. The average Bonchev–Trinajstić information content (AvgIpc) is 2.33. The second kappa shape index (κ2) is 11.4. The van der Waals surface area contributed by atoms with Gasteiger partial charge < -0.3 is 20.1 Å². The summed E-state index contributed by atoms with van der Waals surface area (Å²) in [5, 5.41) is 5.11. The fourth-order valence-electron chi connectivity index (χ4n) is 1.21. The number of carbonyl (C=O) groups excluding carboxylic acids is 2. The summed E-state index contributed by atoms with van der Waals surface area (Å²) in [5.41, 5.74) is 0. The Morgan fingerprint density at radius 3 is 1.45 bits per heavy atom. The molecule has 0 saturated carbocycles. The van der Waals surface area contributed by atoms with E-state index in [1.807, 2.05) is 0 Å². The molecular formula is C14H28N2O4. The van der Waals surface area contributed by atoms with E-state index in [1.54, 1.807) is 0 Å². The molecule has 0 aliphatic heterocycles. The number of amides is 2. The van der Waals surface area contributed by atoms with E-state index in [1.165, 1.54) is 0 Å². The molecule has 0 fully saturated rings. The highest BCUT2D eigenvalue weighted by Gasteiger charge is 2.04. The van der Waals surface area contributed by atoms with Crippen LogP contribution in [0, 0.1) is 11.8 Å². The molecule has 0 unspecified atom stereocenters. The summed E-state index contributed by atoms with van der Waals surface area (Å²) in [7, 11) is 0. The van der Waals surface area contributed by atoms with Crippen LogP contribution < -0.4 is 10.6 Å². The van der Waals surface area contributed by atoms with Gasteiger partial charge >= 0.3 is 12.2 Å². The zero-order valence-corrected chi connectivity index (χ0v) is 13.0. The van der Waals surface area contributed by atoms with Crippen molar-refractivity contribution in [2.24, 2.45) is 11.8 Å². The van der Waals surface area contributed by atoms with Crippen molar-refractivity contribution in [1.29, 1.82) is 0 Å². The minimum atomic E-state index is -0.458. The highest BCUT2D eigenvalue weighted by molar-refractivity contribution is 5.68. The maximum absolute atomic E-state index is 11.2. The van der Waals surface area contributed by atoms with Gasteiger partial charge in [-0.15, -0.1) is 0 Å². The molecule has 0 spiro atoms. The predicted octanol–water partition coefficient (Wildman–Crippen LogP) is 2.53. The first-order valence-electron chi connectivity index (χ1n) is 7.23. The zero-order chi connectivity index (χ0) is 15.4. The summed E-state index contributed by atoms with van der Waals surface area (Å²) in [6.07, 6.45) is 0.767. The minimum absolute atomic E-state index is 0.319. The molecule has 0 heterocycles. The summed E-state index contributed by atoms with van der Waals surface area (Å²) >= 11 is 0. The Labute approximate surface area is 121 Å². The molecule has 0 saturated heterocycles. The molecule has 0 atom stereocenters. The molecular weight excluding hydrogens is 260 g/mol. The van der Waals surface area contributed by atoms with Crippen LogP contribution in [-0.4, -0.2) is 38.5 Å². The molecule has 2 N–H and O–H groups in total. The van der Waals surface area contributed by atoms with Gasteiger partial charge in [0, 0.05) is 13.1 Å². The third kappa shape index (κ3) is 13.0. The van der Waals surface area contributed by atoms with Gasteiger partial charge in [-0.05, 0) is 24.7 Å². The monoisotopic (exact) mass is 288 g/mol. The lowest BCUT2D eigenvalue weighted by molar-refractivity contribution is 0.135. The van der Waals surface area contributed by atoms with Crippen LogP contribution in [0.25, 0.3) is 0 Å². The van der Waals surface area contributed by atoms with E-state index in [0.717, 1.165) is 12.8 Å². The van der Waals surface area contributed by atoms with Crippen molar-refractivity contribution in [3.8, 4) is 0 Å². The summed E-state index contributed by atoms with van der Waals surface area (Å²) in [6, 6.07) is 0. The molecule has 0 aliphatic carbocycles. The Kier molecular flexibility index (Phi) is 10.5. The van der Waals surface area contributed by atoms with Gasteiger partial charge in [-0.1, -0.05) is 27.7 Å². The van der Waals surface area contributed by atoms with E-state index in [4.69, 9.17) is 9.47 Å². The predicted molar refractivity (Wildman–Crippen MR) is 77.6 cm³/mol. The van der Waals surface area contributed by atoms with Gasteiger partial charge in [0.15, 0.2) is 0 Å². The number of carbonyl (C=O) groups is 2. The Hall–Kier alpha value is -1.46. The maximum Gasteiger partial charge on any atom is 0.407 e. The fraction of sp³-hybridized carbons (Fsp3) is 0.857. The molecule has 2 amide bonds. The quantitative estimate of drug-likeness (QED) is 0.639. The third-order valence-corrected chi connectivity index (χ3v) is 2.52. The van der Waals surface area contributed by atoms with E-state index in [2.05, 4.69) is 38.3 Å². The highest BCUT2D eigenvalue weighted by atomic mass is 16.6. The second-order valence-corrected chi connectivity index (χ2v) is 5.49. The van der Waals surface area contributed by atoms with Crippen LogP contribution in [0.5, 0.6) is 0 Å². The molecule has 0 aromatic rings. The van der Waals surface area contributed by atoms with Crippen molar-refractivity contribution < 1.29 is 19.1 Å². The van der Waals surface area contributed by atoms with Gasteiger partial charge in [-0.25, -0.2) is 9.59 Å². The zero-order valence-electron chi connectivity index (χ0n) is 13.0. The Balaban J connectivity index is 3.41. The number of alkyl carbamates (subject to hydrolysis) is 2. The normalized spacial score (nSPS) is 10.5. The minimum Gasteiger partial charge on any atom is -0.450 e. The van der Waals surface area contributed by atoms with Crippen molar-refractivity contribution in [3.05, 3.63) is 0 Å². The number of hydrogen-bond acceptors (Lipinski definition) is 4. The number of hydrogen-bond donors (Lipinski definition) is 2. The molecule has 0 aromatic heterocycles. The Bertz CT molecular complexity index is 252. The van der Waals surface area contributed by atoms with Gasteiger partial charge in [-0.2, -0.15) is 0 Å². The first-order chi connectivity index (χ1) is 9.41. The van der Waals surface area contributed by atoms with Gasteiger partial charge in [0.05, 0.1) is 13.2 Å². The largest absolute Gasteiger partial charge is 0.450 e. The molecule has 0 bridgehead atoms. The first kappa shape index (κ1) is 18.5. The van der Waals surface area contributed by atoms with E-state index >= 15 is 0 Å². The lowest BCUT2D eigenvalue weighted by Crippen LogP contribution is -2.35. The van der Waals surface area contributed by atoms with Crippen LogP contribution in [0.4, 0.5) is 9.59 Å². The first-order valence-corrected chi connectivity index (χ1v) is 7.23. The van der Waals surface area contributed by atoms with Crippen LogP contribution in [0.3, 0.4) is 0 Å². The summed E-state index contributed by atoms with van der Waals surface area (Å²) < 4.78 is 9.91. The highest BCUT2D eigenvalue weighted by Crippen LogP contribution is 1.99. The molecule has 118 valence electrons. The molecule has 0 radical (unpaired) electrons. The number of ether oxygens (including phenoxy) is 2. The van der Waals surface area contributed by atoms with Crippen molar-refractivity contribution in [1.82, 2.24) is 10.6 Å². The maximum atomic E-state index is 11.2. The van der Waals surface area contributed by atoms with Gasteiger partial charge in [0.25, 0.3) is 0 Å². The van der Waals surface area contributed by atoms with Crippen molar-refractivity contribution >= 4 is 12.2 Å². The third-order valence-electron chi connectivity index (χ3n) is 2.52. The van der Waals surface area contributed by atoms with Crippen LogP contribution >= 0.6 is 0 Å². The SMILES string of the molecule is CC(C)CCOC(=O)NCCNC(=O)OCCC(C)C. The summed E-state index contributed by atoms with van der Waals surface area (Å²) in [5.74, 6) is 1.01. The van der Waals surface area contributed by atoms with Crippen molar-refractivity contribution in [2.75, 3.05) is 26.3 Å². The van der Waals surface area contributed by atoms with Crippen molar-refractivity contribution in [2.45, 2.75) is 40.5 Å². The van der Waals surface area contributed by atoms with Crippen molar-refractivity contribution in [3.63, 3.8) is 0 Å². The van der Waals surface area contributed by atoms with Crippen LogP contribution in [0.1, 0.15) is 40.5 Å². The topological polar surface area (TPSA) is 76.7 Å². The van der Waals surface area contributed by atoms with Gasteiger partial charge in [-0.3, -0.25) is 0 Å². The average molecular weight is 288 g/mol. The second-order valence-electron chi connectivity index (χ2n) is 5.49. The molecule has 0 aromatic carbocycles. The van der Waals surface area contributed by atoms with Crippen LogP contribution in [-0.2, 0) is 9.47 Å². The summed E-state index contributed by atoms with van der Waals surface area (Å²) in [4.78, 5) is 22.5. The van der Waals surface area contributed by atoms with E-state index < -0.39 is 12.2 Å². The smallest absolute Gasteiger partial charge is 0.407 e. The Morgan fingerprint density at radius 2 is 1.15 bits per heavy atom. The molecule has 6 heteroatoms. The van der Waals surface area contributed by atoms with E-state index in [9.17, 15) is 9.59 Å².